The van der Waals surface area contributed by atoms with Gasteiger partial charge in [-0.15, -0.1) is 0 Å². The van der Waals surface area contributed by atoms with Crippen molar-refractivity contribution in [3.05, 3.63) is 18.2 Å². The Balaban J connectivity index is 1.66. The minimum absolute atomic E-state index is 0.00641. The van der Waals surface area contributed by atoms with Gasteiger partial charge in [-0.05, 0) is 32.4 Å². The van der Waals surface area contributed by atoms with Crippen LogP contribution in [0, 0.1) is 5.41 Å². The molecule has 0 unspecified atom stereocenters. The predicted molar refractivity (Wildman–Crippen MR) is 92.6 cm³/mol. The van der Waals surface area contributed by atoms with Crippen molar-refractivity contribution in [1.82, 2.24) is 10.2 Å². The van der Waals surface area contributed by atoms with Crippen LogP contribution in [0.25, 0.3) is 0 Å². The van der Waals surface area contributed by atoms with Crippen molar-refractivity contribution < 1.29 is 19.1 Å². The highest BCUT2D eigenvalue weighted by atomic mass is 16.5. The van der Waals surface area contributed by atoms with E-state index in [0.29, 0.717) is 30.2 Å². The largest absolute Gasteiger partial charge is 0.490 e. The van der Waals surface area contributed by atoms with Crippen LogP contribution in [-0.4, -0.2) is 49.0 Å². The van der Waals surface area contributed by atoms with E-state index in [1.54, 1.807) is 32.0 Å². The van der Waals surface area contributed by atoms with E-state index in [1.165, 1.54) is 4.90 Å². The highest BCUT2D eigenvalue weighted by Gasteiger charge is 2.32. The Labute approximate surface area is 145 Å². The number of hydrogen-bond acceptors (Lipinski definition) is 4. The summed E-state index contributed by atoms with van der Waals surface area (Å²) in [5.41, 5.74) is 0.489. The summed E-state index contributed by atoms with van der Waals surface area (Å²) in [5, 5.41) is 8.29. The van der Waals surface area contributed by atoms with Crippen LogP contribution in [-0.2, 0) is 9.59 Å². The predicted octanol–water partition coefficient (Wildman–Crippen LogP) is 1.40. The smallest absolute Gasteiger partial charge is 0.317 e. The van der Waals surface area contributed by atoms with Gasteiger partial charge in [0.15, 0.2) is 0 Å². The van der Waals surface area contributed by atoms with E-state index in [-0.39, 0.29) is 31.0 Å². The summed E-state index contributed by atoms with van der Waals surface area (Å²) >= 11 is 0. The van der Waals surface area contributed by atoms with Crippen LogP contribution in [0.5, 0.6) is 5.75 Å². The SMILES string of the molecule is CC1(C)COc2cc(NC(=O)CN3CCCNC3=O)ccc2NC1=O. The Morgan fingerprint density at radius 3 is 2.92 bits per heavy atom. The molecule has 3 rings (SSSR count). The Kier molecular flexibility index (Phi) is 4.52. The number of benzene rings is 1. The number of hydrogen-bond donors (Lipinski definition) is 3. The van der Waals surface area contributed by atoms with Gasteiger partial charge >= 0.3 is 6.03 Å². The fourth-order valence-corrected chi connectivity index (χ4v) is 2.64. The molecule has 1 aromatic rings. The molecule has 2 heterocycles. The Bertz CT molecular complexity index is 717. The third kappa shape index (κ3) is 3.84. The molecule has 25 heavy (non-hydrogen) atoms. The summed E-state index contributed by atoms with van der Waals surface area (Å²) in [6.45, 7) is 5.06. The number of amides is 4. The number of nitrogens with one attached hydrogen (secondary N) is 3. The van der Waals surface area contributed by atoms with E-state index in [2.05, 4.69) is 16.0 Å². The molecule has 8 heteroatoms. The number of rotatable bonds is 3. The van der Waals surface area contributed by atoms with E-state index in [9.17, 15) is 14.4 Å². The van der Waals surface area contributed by atoms with Gasteiger partial charge in [0.25, 0.3) is 0 Å². The van der Waals surface area contributed by atoms with Gasteiger partial charge in [-0.3, -0.25) is 9.59 Å². The van der Waals surface area contributed by atoms with Crippen LogP contribution in [0.1, 0.15) is 20.3 Å². The van der Waals surface area contributed by atoms with Crippen LogP contribution in [0.2, 0.25) is 0 Å². The molecule has 0 aromatic heterocycles. The first kappa shape index (κ1) is 17.1. The lowest BCUT2D eigenvalue weighted by molar-refractivity contribution is -0.125. The summed E-state index contributed by atoms with van der Waals surface area (Å²) < 4.78 is 5.71. The van der Waals surface area contributed by atoms with Crippen molar-refractivity contribution in [3.63, 3.8) is 0 Å². The zero-order valence-corrected chi connectivity index (χ0v) is 14.3. The second kappa shape index (κ2) is 6.62. The summed E-state index contributed by atoms with van der Waals surface area (Å²) in [5.74, 6) is 0.113. The second-order valence-corrected chi connectivity index (χ2v) is 6.89. The van der Waals surface area contributed by atoms with Crippen LogP contribution >= 0.6 is 0 Å². The number of carbonyl (C=O) groups is 3. The van der Waals surface area contributed by atoms with Crippen LogP contribution in [0.3, 0.4) is 0 Å². The van der Waals surface area contributed by atoms with Crippen LogP contribution in [0.15, 0.2) is 18.2 Å². The minimum atomic E-state index is -0.635. The van der Waals surface area contributed by atoms with Gasteiger partial charge in [-0.2, -0.15) is 0 Å². The lowest BCUT2D eigenvalue weighted by Crippen LogP contribution is -2.49. The normalized spacial score (nSPS) is 19.0. The molecular formula is C17H22N4O4. The molecule has 0 atom stereocenters. The minimum Gasteiger partial charge on any atom is -0.490 e. The molecule has 0 bridgehead atoms. The molecule has 8 nitrogen and oxygen atoms in total. The van der Waals surface area contributed by atoms with Gasteiger partial charge < -0.3 is 25.6 Å². The molecule has 0 radical (unpaired) electrons. The Hall–Kier alpha value is -2.77. The molecule has 1 aromatic carbocycles. The summed E-state index contributed by atoms with van der Waals surface area (Å²) in [6, 6.07) is 4.83. The molecule has 1 fully saturated rings. The van der Waals surface area contributed by atoms with Crippen LogP contribution in [0.4, 0.5) is 16.2 Å². The summed E-state index contributed by atoms with van der Waals surface area (Å²) in [7, 11) is 0. The van der Waals surface area contributed by atoms with E-state index in [1.807, 2.05) is 0 Å². The number of carbonyl (C=O) groups excluding carboxylic acids is 3. The third-order valence-electron chi connectivity index (χ3n) is 4.22. The quantitative estimate of drug-likeness (QED) is 0.770. The fraction of sp³-hybridized carbons (Fsp3) is 0.471. The van der Waals surface area contributed by atoms with Crippen molar-refractivity contribution in [2.45, 2.75) is 20.3 Å². The lowest BCUT2D eigenvalue weighted by Gasteiger charge is -2.26. The summed E-state index contributed by atoms with van der Waals surface area (Å²) in [6.07, 6.45) is 0.821. The van der Waals surface area contributed by atoms with Crippen molar-refractivity contribution in [3.8, 4) is 5.75 Å². The van der Waals surface area contributed by atoms with Gasteiger partial charge in [0.2, 0.25) is 11.8 Å². The summed E-state index contributed by atoms with van der Waals surface area (Å²) in [4.78, 5) is 37.4. The molecule has 0 saturated carbocycles. The van der Waals surface area contributed by atoms with Crippen LogP contribution < -0.4 is 20.7 Å². The highest BCUT2D eigenvalue weighted by Crippen LogP contribution is 2.34. The standard InChI is InChI=1S/C17H22N4O4/c1-17(2)10-25-13-8-11(4-5-12(13)20-15(17)23)19-14(22)9-21-7-3-6-18-16(21)24/h4-5,8H,3,6-7,9-10H2,1-2H3,(H,18,24)(H,19,22)(H,20,23). The maximum atomic E-state index is 12.2. The number of ether oxygens (including phenoxy) is 1. The first-order chi connectivity index (χ1) is 11.8. The molecule has 3 N–H and O–H groups in total. The second-order valence-electron chi connectivity index (χ2n) is 6.89. The first-order valence-electron chi connectivity index (χ1n) is 8.26. The van der Waals surface area contributed by atoms with Gasteiger partial charge in [0.1, 0.15) is 18.9 Å². The monoisotopic (exact) mass is 346 g/mol. The average molecular weight is 346 g/mol. The van der Waals surface area contributed by atoms with Crippen molar-refractivity contribution in [1.29, 1.82) is 0 Å². The van der Waals surface area contributed by atoms with Crippen molar-refractivity contribution in [2.24, 2.45) is 5.41 Å². The van der Waals surface area contributed by atoms with Gasteiger partial charge in [-0.1, -0.05) is 0 Å². The molecule has 0 spiro atoms. The first-order valence-corrected chi connectivity index (χ1v) is 8.26. The topological polar surface area (TPSA) is 99.8 Å². The van der Waals surface area contributed by atoms with Crippen molar-refractivity contribution >= 4 is 29.2 Å². The zero-order chi connectivity index (χ0) is 18.0. The molecule has 134 valence electrons. The van der Waals surface area contributed by atoms with Crippen molar-refractivity contribution in [2.75, 3.05) is 36.9 Å². The molecule has 4 amide bonds. The van der Waals surface area contributed by atoms with E-state index < -0.39 is 5.41 Å². The maximum absolute atomic E-state index is 12.2. The molecule has 0 aliphatic carbocycles. The van der Waals surface area contributed by atoms with Gasteiger partial charge in [-0.25, -0.2) is 4.79 Å². The van der Waals surface area contributed by atoms with E-state index in [4.69, 9.17) is 4.74 Å². The maximum Gasteiger partial charge on any atom is 0.317 e. The van der Waals surface area contributed by atoms with Gasteiger partial charge in [0.05, 0.1) is 11.1 Å². The Morgan fingerprint density at radius 1 is 1.36 bits per heavy atom. The molecule has 1 saturated heterocycles. The molecule has 2 aliphatic rings. The lowest BCUT2D eigenvalue weighted by atomic mass is 9.94. The molecular weight excluding hydrogens is 324 g/mol. The Morgan fingerprint density at radius 2 is 2.16 bits per heavy atom. The number of nitrogens with zero attached hydrogens (tertiary/aromatic N) is 1. The van der Waals surface area contributed by atoms with E-state index >= 15 is 0 Å². The highest BCUT2D eigenvalue weighted by molar-refractivity contribution is 5.98. The van der Waals surface area contributed by atoms with E-state index in [0.717, 1.165) is 6.42 Å². The zero-order valence-electron chi connectivity index (χ0n) is 14.3. The number of urea groups is 1. The average Bonchev–Trinajstić information content (AvgIpc) is 2.67. The fourth-order valence-electron chi connectivity index (χ4n) is 2.64. The molecule has 2 aliphatic heterocycles. The van der Waals surface area contributed by atoms with Gasteiger partial charge in [0, 0.05) is 24.8 Å². The number of anilines is 2. The number of fused-ring (bicyclic) bond motifs is 1. The third-order valence-corrected chi connectivity index (χ3v) is 4.22.